The van der Waals surface area contributed by atoms with Gasteiger partial charge in [-0.2, -0.15) is 4.98 Å². The van der Waals surface area contributed by atoms with Gasteiger partial charge in [0, 0.05) is 60.8 Å². The summed E-state index contributed by atoms with van der Waals surface area (Å²) in [4.78, 5) is 11.9. The number of sulfonamides is 1. The summed E-state index contributed by atoms with van der Waals surface area (Å²) in [7, 11) is 1.94. The largest absolute Gasteiger partial charge is 0.497 e. The Morgan fingerprint density at radius 2 is 1.49 bits per heavy atom. The van der Waals surface area contributed by atoms with Crippen LogP contribution in [-0.2, 0) is 10.0 Å². The first-order valence-electron chi connectivity index (χ1n) is 15.4. The molecule has 1 aliphatic rings. The van der Waals surface area contributed by atoms with E-state index < -0.39 is 10.0 Å². The number of nitrogens with zero attached hydrogens (tertiary/aromatic N) is 3. The zero-order chi connectivity index (χ0) is 31.4. The van der Waals surface area contributed by atoms with E-state index in [1.165, 1.54) is 0 Å². The predicted octanol–water partition coefficient (Wildman–Crippen LogP) is 6.80. The van der Waals surface area contributed by atoms with E-state index >= 15 is 0 Å². The van der Waals surface area contributed by atoms with Crippen molar-refractivity contribution in [3.8, 4) is 5.75 Å². The molecule has 6 rings (SSSR count). The van der Waals surface area contributed by atoms with Crippen molar-refractivity contribution in [2.45, 2.75) is 30.6 Å². The lowest BCUT2D eigenvalue weighted by Crippen LogP contribution is -2.32. The molecule has 3 N–H and O–H groups in total. The van der Waals surface area contributed by atoms with Crippen LogP contribution in [0.1, 0.15) is 25.7 Å². The molecule has 1 saturated carbocycles. The third-order valence-corrected chi connectivity index (χ3v) is 10.1. The van der Waals surface area contributed by atoms with Gasteiger partial charge in [-0.05, 0) is 73.9 Å². The summed E-state index contributed by atoms with van der Waals surface area (Å²) in [6, 6.07) is 27.0. The topological polar surface area (TPSA) is 108 Å². The Bertz CT molecular complexity index is 1910. The van der Waals surface area contributed by atoms with Crippen LogP contribution in [0.5, 0.6) is 5.75 Å². The molecule has 1 fully saturated rings. The van der Waals surface area contributed by atoms with Crippen LogP contribution in [-0.4, -0.2) is 52.7 Å². The molecular weight excluding hydrogens is 584 g/mol. The van der Waals surface area contributed by atoms with Gasteiger partial charge in [0.15, 0.2) is 0 Å². The highest BCUT2D eigenvalue weighted by molar-refractivity contribution is 7.89. The lowest BCUT2D eigenvalue weighted by molar-refractivity contribution is 0.284. The highest BCUT2D eigenvalue weighted by Crippen LogP contribution is 2.32. The summed E-state index contributed by atoms with van der Waals surface area (Å²) in [6.45, 7) is 1.21. The van der Waals surface area contributed by atoms with E-state index in [0.29, 0.717) is 29.2 Å². The summed E-state index contributed by atoms with van der Waals surface area (Å²) in [5.41, 5.74) is 2.74. The third kappa shape index (κ3) is 6.97. The maximum atomic E-state index is 13.4. The number of anilines is 4. The van der Waals surface area contributed by atoms with Crippen LogP contribution in [0.25, 0.3) is 21.7 Å². The molecule has 1 aromatic heterocycles. The molecule has 1 aliphatic carbocycles. The van der Waals surface area contributed by atoms with Crippen LogP contribution < -0.4 is 25.0 Å². The number of ether oxygens (including phenoxy) is 1. The van der Waals surface area contributed by atoms with Crippen LogP contribution >= 0.6 is 0 Å². The minimum atomic E-state index is -3.65. The van der Waals surface area contributed by atoms with Gasteiger partial charge in [0.2, 0.25) is 16.0 Å². The normalized spacial score (nSPS) is 16.9. The molecule has 0 amide bonds. The Hall–Kier alpha value is -4.41. The summed E-state index contributed by atoms with van der Waals surface area (Å²) in [6.07, 6.45) is 3.97. The van der Waals surface area contributed by atoms with Crippen molar-refractivity contribution in [1.82, 2.24) is 14.7 Å². The van der Waals surface area contributed by atoms with Gasteiger partial charge in [0.1, 0.15) is 11.6 Å². The molecule has 0 spiro atoms. The first-order valence-corrected chi connectivity index (χ1v) is 16.9. The fraction of sp³-hybridized carbons (Fsp3) is 0.314. The van der Waals surface area contributed by atoms with Gasteiger partial charge >= 0.3 is 0 Å². The van der Waals surface area contributed by atoms with Crippen molar-refractivity contribution in [1.29, 1.82) is 0 Å². The first kappa shape index (κ1) is 30.6. The quantitative estimate of drug-likeness (QED) is 0.147. The number of para-hydroxylation sites is 1. The van der Waals surface area contributed by atoms with E-state index in [1.54, 1.807) is 13.2 Å². The monoisotopic (exact) mass is 624 g/mol. The van der Waals surface area contributed by atoms with E-state index in [2.05, 4.69) is 15.4 Å². The molecule has 0 bridgehead atoms. The molecule has 0 unspecified atom stereocenters. The number of benzene rings is 4. The number of hydrogen-bond acceptors (Lipinski definition) is 8. The van der Waals surface area contributed by atoms with Crippen molar-refractivity contribution in [3.05, 3.63) is 84.9 Å². The molecule has 0 aliphatic heterocycles. The van der Waals surface area contributed by atoms with Crippen LogP contribution in [0.4, 0.5) is 23.1 Å². The van der Waals surface area contributed by atoms with E-state index in [-0.39, 0.29) is 0 Å². The first-order chi connectivity index (χ1) is 21.8. The smallest absolute Gasteiger partial charge is 0.241 e. The van der Waals surface area contributed by atoms with Gasteiger partial charge in [-0.15, -0.1) is 0 Å². The van der Waals surface area contributed by atoms with Gasteiger partial charge in [-0.3, -0.25) is 0 Å². The van der Waals surface area contributed by atoms with E-state index in [0.717, 1.165) is 76.8 Å². The Morgan fingerprint density at radius 1 is 0.800 bits per heavy atom. The van der Waals surface area contributed by atoms with Crippen molar-refractivity contribution >= 4 is 54.8 Å². The molecule has 5 aromatic rings. The lowest BCUT2D eigenvalue weighted by Gasteiger charge is -2.29. The Balaban J connectivity index is 1.06. The molecule has 0 atom stereocenters. The second-order valence-electron chi connectivity index (χ2n) is 11.9. The average molecular weight is 625 g/mol. The lowest BCUT2D eigenvalue weighted by atomic mass is 9.82. The number of methoxy groups -OCH3 is 1. The molecule has 10 heteroatoms. The van der Waals surface area contributed by atoms with Crippen molar-refractivity contribution in [2.75, 3.05) is 49.8 Å². The number of hydrogen-bond donors (Lipinski definition) is 3. The van der Waals surface area contributed by atoms with Crippen LogP contribution in [0.3, 0.4) is 0 Å². The molecule has 4 aromatic carbocycles. The molecular formula is C35H40N6O3S. The third-order valence-electron chi connectivity index (χ3n) is 8.64. The fourth-order valence-electron chi connectivity index (χ4n) is 6.16. The number of fused-ring (bicyclic) bond motifs is 2. The zero-order valence-corrected chi connectivity index (χ0v) is 26.8. The maximum absolute atomic E-state index is 13.4. The SMILES string of the molecule is COc1cccc(Nc2nc(NCC3CCC(CNS(=O)(=O)c4cccc5c(N(C)C)cccc45)CC3)nc3ccccc23)c1. The van der Waals surface area contributed by atoms with Gasteiger partial charge < -0.3 is 20.3 Å². The number of aromatic nitrogens is 2. The van der Waals surface area contributed by atoms with Gasteiger partial charge in [-0.25, -0.2) is 18.1 Å². The van der Waals surface area contributed by atoms with Crippen LogP contribution in [0.2, 0.25) is 0 Å². The minimum Gasteiger partial charge on any atom is -0.497 e. The number of nitrogens with one attached hydrogen (secondary N) is 3. The molecule has 0 saturated heterocycles. The predicted molar refractivity (Wildman–Crippen MR) is 183 cm³/mol. The zero-order valence-electron chi connectivity index (χ0n) is 26.0. The van der Waals surface area contributed by atoms with E-state index in [1.807, 2.05) is 97.9 Å². The average Bonchev–Trinajstić information content (AvgIpc) is 3.06. The van der Waals surface area contributed by atoms with Gasteiger partial charge in [0.05, 0.1) is 17.5 Å². The summed E-state index contributed by atoms with van der Waals surface area (Å²) >= 11 is 0. The summed E-state index contributed by atoms with van der Waals surface area (Å²) in [5.74, 6) is 2.86. The molecule has 9 nitrogen and oxygen atoms in total. The summed E-state index contributed by atoms with van der Waals surface area (Å²) < 4.78 is 35.1. The second-order valence-corrected chi connectivity index (χ2v) is 13.6. The van der Waals surface area contributed by atoms with Crippen LogP contribution in [0, 0.1) is 11.8 Å². The summed E-state index contributed by atoms with van der Waals surface area (Å²) in [5, 5.41) is 9.51. The van der Waals surface area contributed by atoms with E-state index in [9.17, 15) is 8.42 Å². The molecule has 1 heterocycles. The molecule has 45 heavy (non-hydrogen) atoms. The minimum absolute atomic E-state index is 0.305. The Labute approximate surface area is 265 Å². The highest BCUT2D eigenvalue weighted by atomic mass is 32.2. The fourth-order valence-corrected chi connectivity index (χ4v) is 7.49. The van der Waals surface area contributed by atoms with Gasteiger partial charge in [0.25, 0.3) is 0 Å². The standard InChI is InChI=1S/C35H40N6O3S/c1-41(2)32-15-7-13-29-28(32)12-8-16-33(29)45(42,43)37-23-25-19-17-24(18-20-25)22-36-35-39-31-14-5-4-11-30(31)34(40-35)38-26-9-6-10-27(21-26)44-3/h4-16,21,24-25,37H,17-20,22-23H2,1-3H3,(H2,36,38,39,40). The Morgan fingerprint density at radius 3 is 2.27 bits per heavy atom. The van der Waals surface area contributed by atoms with Crippen LogP contribution in [0.15, 0.2) is 89.8 Å². The number of rotatable bonds is 11. The second kappa shape index (κ2) is 13.3. The van der Waals surface area contributed by atoms with Gasteiger partial charge in [-0.1, -0.05) is 42.5 Å². The Kier molecular flexibility index (Phi) is 9.04. The van der Waals surface area contributed by atoms with Crippen molar-refractivity contribution in [3.63, 3.8) is 0 Å². The highest BCUT2D eigenvalue weighted by Gasteiger charge is 2.25. The van der Waals surface area contributed by atoms with Crippen molar-refractivity contribution < 1.29 is 13.2 Å². The molecule has 234 valence electrons. The van der Waals surface area contributed by atoms with E-state index in [4.69, 9.17) is 14.7 Å². The molecule has 0 radical (unpaired) electrons. The van der Waals surface area contributed by atoms with Crippen molar-refractivity contribution in [2.24, 2.45) is 11.8 Å². The maximum Gasteiger partial charge on any atom is 0.241 e.